The third kappa shape index (κ3) is 2.97. The number of nitrogens with two attached hydrogens (primary N) is 1. The van der Waals surface area contributed by atoms with Gasteiger partial charge in [-0.2, -0.15) is 0 Å². The predicted molar refractivity (Wildman–Crippen MR) is 65.6 cm³/mol. The normalized spacial score (nSPS) is 10.6. The van der Waals surface area contributed by atoms with Crippen LogP contribution in [-0.2, 0) is 6.54 Å². The SMILES string of the molecule is NCCn1cnc(C(=O)Nc2cc(F)c(F)c(F)c2)c1. The largest absolute Gasteiger partial charge is 0.335 e. The van der Waals surface area contributed by atoms with Gasteiger partial charge in [0.25, 0.3) is 5.91 Å². The maximum atomic E-state index is 13.0. The summed E-state index contributed by atoms with van der Waals surface area (Å²) in [5.41, 5.74) is 5.21. The molecule has 8 heteroatoms. The van der Waals surface area contributed by atoms with Gasteiger partial charge in [-0.05, 0) is 0 Å². The average Bonchev–Trinajstić information content (AvgIpc) is 2.85. The van der Waals surface area contributed by atoms with Crippen LogP contribution in [0.4, 0.5) is 18.9 Å². The second kappa shape index (κ2) is 5.74. The van der Waals surface area contributed by atoms with Crippen LogP contribution in [0.1, 0.15) is 10.5 Å². The van der Waals surface area contributed by atoms with Gasteiger partial charge in [0, 0.05) is 37.1 Å². The second-order valence-electron chi connectivity index (χ2n) is 3.99. The number of benzene rings is 1. The van der Waals surface area contributed by atoms with Gasteiger partial charge in [-0.1, -0.05) is 0 Å². The zero-order chi connectivity index (χ0) is 14.7. The van der Waals surface area contributed by atoms with Crippen LogP contribution in [0.5, 0.6) is 0 Å². The fourth-order valence-corrected chi connectivity index (χ4v) is 1.57. The van der Waals surface area contributed by atoms with Gasteiger partial charge in [0.1, 0.15) is 5.69 Å². The summed E-state index contributed by atoms with van der Waals surface area (Å²) in [7, 11) is 0. The molecule has 5 nitrogen and oxygen atoms in total. The topological polar surface area (TPSA) is 72.9 Å². The average molecular weight is 284 g/mol. The summed E-state index contributed by atoms with van der Waals surface area (Å²) in [4.78, 5) is 15.6. The van der Waals surface area contributed by atoms with Crippen LogP contribution in [0, 0.1) is 17.5 Å². The number of hydrogen-bond acceptors (Lipinski definition) is 3. The number of aromatic nitrogens is 2. The van der Waals surface area contributed by atoms with Crippen LogP contribution in [0.3, 0.4) is 0 Å². The van der Waals surface area contributed by atoms with E-state index in [2.05, 4.69) is 10.3 Å². The third-order valence-corrected chi connectivity index (χ3v) is 2.49. The van der Waals surface area contributed by atoms with Crippen LogP contribution in [0.15, 0.2) is 24.7 Å². The van der Waals surface area contributed by atoms with Crippen molar-refractivity contribution in [3.8, 4) is 0 Å². The van der Waals surface area contributed by atoms with Gasteiger partial charge in [-0.3, -0.25) is 4.79 Å². The summed E-state index contributed by atoms with van der Waals surface area (Å²) in [6.07, 6.45) is 2.85. The van der Waals surface area contributed by atoms with E-state index >= 15 is 0 Å². The van der Waals surface area contributed by atoms with Crippen molar-refractivity contribution in [2.45, 2.75) is 6.54 Å². The van der Waals surface area contributed by atoms with Crippen molar-refractivity contribution in [1.29, 1.82) is 0 Å². The highest BCUT2D eigenvalue weighted by Crippen LogP contribution is 2.17. The fourth-order valence-electron chi connectivity index (χ4n) is 1.57. The van der Waals surface area contributed by atoms with Crippen LogP contribution in [0.25, 0.3) is 0 Å². The minimum absolute atomic E-state index is 0.0589. The summed E-state index contributed by atoms with van der Waals surface area (Å²) < 4.78 is 40.4. The Balaban J connectivity index is 2.14. The first-order chi connectivity index (χ1) is 9.51. The number of carbonyl (C=O) groups is 1. The lowest BCUT2D eigenvalue weighted by Crippen LogP contribution is -2.13. The van der Waals surface area contributed by atoms with Gasteiger partial charge >= 0.3 is 0 Å². The van der Waals surface area contributed by atoms with Crippen molar-refractivity contribution in [1.82, 2.24) is 9.55 Å². The highest BCUT2D eigenvalue weighted by atomic mass is 19.2. The molecule has 1 heterocycles. The maximum Gasteiger partial charge on any atom is 0.275 e. The number of nitrogens with one attached hydrogen (secondary N) is 1. The highest BCUT2D eigenvalue weighted by molar-refractivity contribution is 6.02. The molecule has 0 unspecified atom stereocenters. The first-order valence-electron chi connectivity index (χ1n) is 5.69. The van der Waals surface area contributed by atoms with Gasteiger partial charge in [-0.15, -0.1) is 0 Å². The molecule has 0 bridgehead atoms. The molecule has 0 saturated carbocycles. The summed E-state index contributed by atoms with van der Waals surface area (Å²) in [6.45, 7) is 0.867. The monoisotopic (exact) mass is 284 g/mol. The minimum Gasteiger partial charge on any atom is -0.335 e. The van der Waals surface area contributed by atoms with Crippen LogP contribution < -0.4 is 11.1 Å². The van der Waals surface area contributed by atoms with Gasteiger partial charge < -0.3 is 15.6 Å². The van der Waals surface area contributed by atoms with Crippen molar-refractivity contribution < 1.29 is 18.0 Å². The first kappa shape index (κ1) is 14.1. The molecule has 2 rings (SSSR count). The van der Waals surface area contributed by atoms with Crippen molar-refractivity contribution in [2.75, 3.05) is 11.9 Å². The van der Waals surface area contributed by atoms with E-state index in [0.717, 1.165) is 0 Å². The lowest BCUT2D eigenvalue weighted by Gasteiger charge is -2.04. The Morgan fingerprint density at radius 2 is 1.95 bits per heavy atom. The van der Waals surface area contributed by atoms with E-state index in [-0.39, 0.29) is 11.4 Å². The molecule has 0 aliphatic heterocycles. The van der Waals surface area contributed by atoms with E-state index in [1.807, 2.05) is 0 Å². The molecule has 0 aliphatic carbocycles. The minimum atomic E-state index is -1.59. The van der Waals surface area contributed by atoms with Crippen molar-refractivity contribution >= 4 is 11.6 Å². The molecule has 106 valence electrons. The third-order valence-electron chi connectivity index (χ3n) is 2.49. The molecule has 1 aromatic carbocycles. The van der Waals surface area contributed by atoms with Crippen LogP contribution in [0.2, 0.25) is 0 Å². The lowest BCUT2D eigenvalue weighted by atomic mass is 10.2. The molecular formula is C12H11F3N4O. The Hall–Kier alpha value is -2.35. The fraction of sp³-hybridized carbons (Fsp3) is 0.167. The molecule has 0 fully saturated rings. The lowest BCUT2D eigenvalue weighted by molar-refractivity contribution is 0.102. The predicted octanol–water partition coefficient (Wildman–Crippen LogP) is 1.51. The zero-order valence-corrected chi connectivity index (χ0v) is 10.2. The number of anilines is 1. The number of amides is 1. The number of hydrogen-bond donors (Lipinski definition) is 2. The Labute approximate surface area is 112 Å². The summed E-state index contributed by atoms with van der Waals surface area (Å²) in [5, 5.41) is 2.23. The zero-order valence-electron chi connectivity index (χ0n) is 10.2. The Bertz CT molecular complexity index is 618. The van der Waals surface area contributed by atoms with E-state index in [0.29, 0.717) is 25.2 Å². The molecule has 0 radical (unpaired) electrons. The molecule has 20 heavy (non-hydrogen) atoms. The maximum absolute atomic E-state index is 13.0. The Kier molecular flexibility index (Phi) is 4.04. The molecule has 0 atom stereocenters. The summed E-state index contributed by atoms with van der Waals surface area (Å²) >= 11 is 0. The van der Waals surface area contributed by atoms with Crippen molar-refractivity contribution in [3.63, 3.8) is 0 Å². The smallest absolute Gasteiger partial charge is 0.275 e. The number of nitrogens with zero attached hydrogens (tertiary/aromatic N) is 2. The highest BCUT2D eigenvalue weighted by Gasteiger charge is 2.14. The molecule has 0 spiro atoms. The van der Waals surface area contributed by atoms with Crippen LogP contribution in [-0.4, -0.2) is 22.0 Å². The van der Waals surface area contributed by atoms with Crippen molar-refractivity contribution in [3.05, 3.63) is 47.8 Å². The molecule has 2 aromatic rings. The van der Waals surface area contributed by atoms with Crippen molar-refractivity contribution in [2.24, 2.45) is 5.73 Å². The van der Waals surface area contributed by atoms with Gasteiger partial charge in [0.2, 0.25) is 0 Å². The molecule has 0 aliphatic rings. The second-order valence-corrected chi connectivity index (χ2v) is 3.99. The number of carbonyl (C=O) groups excluding carboxylic acids is 1. The summed E-state index contributed by atoms with van der Waals surface area (Å²) in [5.74, 6) is -5.01. The van der Waals surface area contributed by atoms with E-state index < -0.39 is 23.4 Å². The van der Waals surface area contributed by atoms with Gasteiger partial charge in [0.05, 0.1) is 6.33 Å². The number of imidazole rings is 1. The standard InChI is InChI=1S/C12H11F3N4O/c13-8-3-7(4-9(14)11(8)15)18-12(20)10-5-19(2-1-16)6-17-10/h3-6H,1-2,16H2,(H,18,20). The van der Waals surface area contributed by atoms with Gasteiger partial charge in [0.15, 0.2) is 17.5 Å². The number of halogens is 3. The van der Waals surface area contributed by atoms with E-state index in [4.69, 9.17) is 5.73 Å². The molecule has 1 amide bonds. The Morgan fingerprint density at radius 1 is 1.30 bits per heavy atom. The first-order valence-corrected chi connectivity index (χ1v) is 5.69. The quantitative estimate of drug-likeness (QED) is 0.836. The molecule has 1 aromatic heterocycles. The van der Waals surface area contributed by atoms with E-state index in [1.54, 1.807) is 4.57 Å². The summed E-state index contributed by atoms with van der Waals surface area (Å²) in [6, 6.07) is 1.38. The number of rotatable bonds is 4. The Morgan fingerprint density at radius 3 is 2.55 bits per heavy atom. The molecular weight excluding hydrogens is 273 g/mol. The van der Waals surface area contributed by atoms with E-state index in [9.17, 15) is 18.0 Å². The molecule has 3 N–H and O–H groups in total. The molecule has 0 saturated heterocycles. The van der Waals surface area contributed by atoms with Gasteiger partial charge in [-0.25, -0.2) is 18.2 Å². The van der Waals surface area contributed by atoms with E-state index in [1.165, 1.54) is 12.5 Å². The van der Waals surface area contributed by atoms with Crippen LogP contribution >= 0.6 is 0 Å².